The van der Waals surface area contributed by atoms with Crippen LogP contribution in [-0.2, 0) is 10.4 Å². The maximum Gasteiger partial charge on any atom is 0.428 e. The fourth-order valence-corrected chi connectivity index (χ4v) is 3.89. The molecule has 1 aromatic heterocycles. The van der Waals surface area contributed by atoms with Crippen molar-refractivity contribution in [1.82, 2.24) is 19.8 Å². The first-order valence-corrected chi connectivity index (χ1v) is 9.49. The second-order valence-corrected chi connectivity index (χ2v) is 7.57. The maximum absolute atomic E-state index is 14.3. The van der Waals surface area contributed by atoms with Gasteiger partial charge in [0.15, 0.2) is 0 Å². The van der Waals surface area contributed by atoms with Crippen molar-refractivity contribution in [3.8, 4) is 11.8 Å². The number of nitriles is 1. The molecule has 0 bridgehead atoms. The number of hydrogen-bond donors (Lipinski definition) is 0. The van der Waals surface area contributed by atoms with E-state index in [2.05, 4.69) is 10.1 Å². The average Bonchev–Trinajstić information content (AvgIpc) is 3.35. The zero-order valence-electron chi connectivity index (χ0n) is 15.7. The minimum Gasteiger partial charge on any atom is -0.255 e. The van der Waals surface area contributed by atoms with Crippen molar-refractivity contribution < 1.29 is 18.0 Å². The van der Waals surface area contributed by atoms with Gasteiger partial charge in [-0.05, 0) is 36.4 Å². The minimum atomic E-state index is -4.82. The molecule has 3 aromatic rings. The summed E-state index contributed by atoms with van der Waals surface area (Å²) in [7, 11) is 1.35. The SMILES string of the molecule is CN1OC(c2cc(Cl)cc(Cl)c2)(C(F)(F)F)C=C1c1ccc(-n2cncn2)c(C#N)c1. The number of alkyl halides is 3. The van der Waals surface area contributed by atoms with Gasteiger partial charge in [0.05, 0.1) is 16.9 Å². The van der Waals surface area contributed by atoms with Crippen LogP contribution in [0.5, 0.6) is 0 Å². The number of rotatable bonds is 3. The summed E-state index contributed by atoms with van der Waals surface area (Å²) >= 11 is 11.9. The molecule has 1 aliphatic heterocycles. The van der Waals surface area contributed by atoms with Crippen molar-refractivity contribution in [1.29, 1.82) is 5.26 Å². The smallest absolute Gasteiger partial charge is 0.255 e. The van der Waals surface area contributed by atoms with Crippen molar-refractivity contribution in [2.45, 2.75) is 11.8 Å². The summed E-state index contributed by atoms with van der Waals surface area (Å²) in [6, 6.07) is 10.3. The van der Waals surface area contributed by atoms with E-state index in [1.54, 1.807) is 12.1 Å². The third-order valence-corrected chi connectivity index (χ3v) is 5.19. The predicted octanol–water partition coefficient (Wildman–Crippen LogP) is 5.12. The van der Waals surface area contributed by atoms with Crippen molar-refractivity contribution in [3.63, 3.8) is 0 Å². The Hall–Kier alpha value is -3.06. The summed E-state index contributed by atoms with van der Waals surface area (Å²) in [5, 5.41) is 14.6. The molecule has 0 saturated heterocycles. The van der Waals surface area contributed by atoms with E-state index in [1.807, 2.05) is 6.07 Å². The quantitative estimate of drug-likeness (QED) is 0.536. The number of hydroxylamine groups is 2. The molecule has 0 spiro atoms. The lowest BCUT2D eigenvalue weighted by Crippen LogP contribution is -2.42. The zero-order valence-corrected chi connectivity index (χ0v) is 17.2. The highest BCUT2D eigenvalue weighted by atomic mass is 35.5. The summed E-state index contributed by atoms with van der Waals surface area (Å²) < 4.78 is 44.2. The molecule has 0 N–H and O–H groups in total. The summed E-state index contributed by atoms with van der Waals surface area (Å²) in [5.74, 6) is 0. The second-order valence-electron chi connectivity index (χ2n) is 6.69. The fourth-order valence-electron chi connectivity index (χ4n) is 3.36. The fraction of sp³-hybridized carbons (Fsp3) is 0.150. The topological polar surface area (TPSA) is 67.0 Å². The largest absolute Gasteiger partial charge is 0.428 e. The molecule has 0 aliphatic carbocycles. The van der Waals surface area contributed by atoms with E-state index < -0.39 is 11.8 Å². The van der Waals surface area contributed by atoms with Crippen molar-refractivity contribution in [2.75, 3.05) is 7.05 Å². The van der Waals surface area contributed by atoms with E-state index in [-0.39, 0.29) is 26.9 Å². The molecular formula is C20H12Cl2F3N5O. The second kappa shape index (κ2) is 7.57. The first-order chi connectivity index (χ1) is 14.6. The van der Waals surface area contributed by atoms with E-state index in [1.165, 1.54) is 36.5 Å². The van der Waals surface area contributed by atoms with Gasteiger partial charge in [0, 0.05) is 28.2 Å². The van der Waals surface area contributed by atoms with Crippen molar-refractivity contribution in [3.05, 3.63) is 81.9 Å². The molecule has 0 fully saturated rings. The van der Waals surface area contributed by atoms with Crippen LogP contribution in [-0.4, -0.2) is 33.1 Å². The van der Waals surface area contributed by atoms with Crippen LogP contribution in [0.2, 0.25) is 10.0 Å². The lowest BCUT2D eigenvalue weighted by molar-refractivity contribution is -0.308. The van der Waals surface area contributed by atoms with Gasteiger partial charge in [-0.1, -0.05) is 29.3 Å². The van der Waals surface area contributed by atoms with Crippen LogP contribution in [0.4, 0.5) is 13.2 Å². The molecule has 2 aromatic carbocycles. The van der Waals surface area contributed by atoms with Gasteiger partial charge in [-0.25, -0.2) is 14.5 Å². The van der Waals surface area contributed by atoms with E-state index in [4.69, 9.17) is 28.0 Å². The Morgan fingerprint density at radius 3 is 2.42 bits per heavy atom. The normalized spacial score (nSPS) is 18.7. The van der Waals surface area contributed by atoms with Crippen LogP contribution in [0.25, 0.3) is 11.4 Å². The van der Waals surface area contributed by atoms with Gasteiger partial charge in [-0.2, -0.15) is 23.5 Å². The average molecular weight is 466 g/mol. The van der Waals surface area contributed by atoms with E-state index in [0.717, 1.165) is 23.3 Å². The van der Waals surface area contributed by atoms with Gasteiger partial charge < -0.3 is 0 Å². The predicted molar refractivity (Wildman–Crippen MR) is 107 cm³/mol. The molecule has 1 unspecified atom stereocenters. The Morgan fingerprint density at radius 2 is 1.84 bits per heavy atom. The first-order valence-electron chi connectivity index (χ1n) is 8.73. The third kappa shape index (κ3) is 3.63. The van der Waals surface area contributed by atoms with E-state index in [9.17, 15) is 18.4 Å². The number of aromatic nitrogens is 3. The highest BCUT2D eigenvalue weighted by Gasteiger charge is 2.60. The van der Waals surface area contributed by atoms with Crippen LogP contribution in [0.1, 0.15) is 16.7 Å². The monoisotopic (exact) mass is 465 g/mol. The summed E-state index contributed by atoms with van der Waals surface area (Å²) in [6.45, 7) is 0. The lowest BCUT2D eigenvalue weighted by Gasteiger charge is -2.31. The number of benzene rings is 2. The maximum atomic E-state index is 14.3. The van der Waals surface area contributed by atoms with Crippen molar-refractivity contribution >= 4 is 28.9 Å². The summed E-state index contributed by atoms with van der Waals surface area (Å²) in [6.07, 6.45) is -1.15. The molecule has 1 atom stereocenters. The van der Waals surface area contributed by atoms with Crippen LogP contribution in [0.3, 0.4) is 0 Å². The number of hydrogen-bond acceptors (Lipinski definition) is 5. The Labute approximate surface area is 184 Å². The summed E-state index contributed by atoms with van der Waals surface area (Å²) in [5.41, 5.74) is -1.96. The van der Waals surface area contributed by atoms with Crippen LogP contribution < -0.4 is 0 Å². The molecule has 4 rings (SSSR count). The van der Waals surface area contributed by atoms with Crippen LogP contribution >= 0.6 is 23.2 Å². The van der Waals surface area contributed by atoms with Gasteiger partial charge in [0.2, 0.25) is 5.60 Å². The van der Waals surface area contributed by atoms with Gasteiger partial charge in [0.25, 0.3) is 0 Å². The van der Waals surface area contributed by atoms with Gasteiger partial charge in [-0.15, -0.1) is 0 Å². The molecule has 158 valence electrons. The van der Waals surface area contributed by atoms with E-state index >= 15 is 0 Å². The standard InChI is InChI=1S/C20H12Cl2F3N5O/c1-29-18(12-2-3-17(13(4-12)9-26)30-11-27-10-28-30)8-19(31-29,20(23,24)25)14-5-15(21)7-16(22)6-14/h2-8,10-11H,1H3. The first kappa shape index (κ1) is 21.2. The number of halogens is 5. The zero-order chi connectivity index (χ0) is 22.4. The van der Waals surface area contributed by atoms with E-state index in [0.29, 0.717) is 11.3 Å². The lowest BCUT2D eigenvalue weighted by atomic mass is 9.91. The molecule has 31 heavy (non-hydrogen) atoms. The Morgan fingerprint density at radius 1 is 1.13 bits per heavy atom. The molecule has 2 heterocycles. The highest BCUT2D eigenvalue weighted by molar-refractivity contribution is 6.34. The number of nitrogens with zero attached hydrogens (tertiary/aromatic N) is 5. The van der Waals surface area contributed by atoms with Crippen LogP contribution in [0, 0.1) is 11.3 Å². The molecule has 6 nitrogen and oxygen atoms in total. The Balaban J connectivity index is 1.86. The Kier molecular flexibility index (Phi) is 5.17. The van der Waals surface area contributed by atoms with Crippen LogP contribution in [0.15, 0.2) is 55.1 Å². The Bertz CT molecular complexity index is 1200. The third-order valence-electron chi connectivity index (χ3n) is 4.75. The molecule has 0 saturated carbocycles. The molecule has 1 aliphatic rings. The summed E-state index contributed by atoms with van der Waals surface area (Å²) in [4.78, 5) is 9.18. The molecule has 11 heteroatoms. The minimum absolute atomic E-state index is 0.0446. The van der Waals surface area contributed by atoms with Gasteiger partial charge in [-0.3, -0.25) is 5.06 Å². The molecule has 0 amide bonds. The van der Waals surface area contributed by atoms with Gasteiger partial charge in [0.1, 0.15) is 18.7 Å². The van der Waals surface area contributed by atoms with Gasteiger partial charge >= 0.3 is 6.18 Å². The van der Waals surface area contributed by atoms with Crippen molar-refractivity contribution in [2.24, 2.45) is 0 Å². The molecule has 0 radical (unpaired) electrons. The highest BCUT2D eigenvalue weighted by Crippen LogP contribution is 2.51. The molecular weight excluding hydrogens is 454 g/mol.